The van der Waals surface area contributed by atoms with Crippen molar-refractivity contribution in [1.82, 2.24) is 10.6 Å². The molecule has 0 radical (unpaired) electrons. The van der Waals surface area contributed by atoms with Gasteiger partial charge in [-0.25, -0.2) is 9.18 Å². The minimum atomic E-state index is -4.64. The van der Waals surface area contributed by atoms with Crippen molar-refractivity contribution in [2.45, 2.75) is 48.8 Å². The van der Waals surface area contributed by atoms with Gasteiger partial charge in [-0.3, -0.25) is 5.32 Å². The van der Waals surface area contributed by atoms with Crippen LogP contribution in [-0.4, -0.2) is 36.6 Å². The van der Waals surface area contributed by atoms with Crippen LogP contribution in [0.25, 0.3) is 0 Å². The summed E-state index contributed by atoms with van der Waals surface area (Å²) in [5.74, 6) is -0.760. The topological polar surface area (TPSA) is 71.6 Å². The molecule has 34 heavy (non-hydrogen) atoms. The van der Waals surface area contributed by atoms with E-state index in [1.807, 2.05) is 0 Å². The lowest BCUT2D eigenvalue weighted by Gasteiger charge is -2.44. The molecule has 2 aromatic rings. The third-order valence-electron chi connectivity index (χ3n) is 5.77. The van der Waals surface area contributed by atoms with Crippen LogP contribution in [-0.2, 0) is 10.3 Å². The number of piperidine rings is 1. The Labute approximate surface area is 202 Å². The Morgan fingerprint density at radius 2 is 1.94 bits per heavy atom. The Hall–Kier alpha value is -2.27. The van der Waals surface area contributed by atoms with E-state index < -0.39 is 41.4 Å². The molecular weight excluding hydrogens is 501 g/mol. The monoisotopic (exact) mass is 521 g/mol. The molecule has 2 saturated heterocycles. The van der Waals surface area contributed by atoms with Crippen LogP contribution in [0.4, 0.5) is 28.0 Å². The first-order valence-corrected chi connectivity index (χ1v) is 11.3. The predicted octanol–water partition coefficient (Wildman–Crippen LogP) is 5.50. The lowest BCUT2D eigenvalue weighted by atomic mass is 9.85. The first-order valence-electron chi connectivity index (χ1n) is 10.5. The summed E-state index contributed by atoms with van der Waals surface area (Å²) < 4.78 is 66.5. The Morgan fingerprint density at radius 3 is 2.59 bits per heavy atom. The minimum absolute atomic E-state index is 0.0229. The van der Waals surface area contributed by atoms with Crippen molar-refractivity contribution in [2.24, 2.45) is 0 Å². The van der Waals surface area contributed by atoms with Crippen LogP contribution in [0.5, 0.6) is 5.75 Å². The molecule has 2 aliphatic heterocycles. The molecule has 0 aliphatic carbocycles. The Kier molecular flexibility index (Phi) is 7.14. The predicted molar refractivity (Wildman–Crippen MR) is 119 cm³/mol. The summed E-state index contributed by atoms with van der Waals surface area (Å²) in [5.41, 5.74) is -3.22. The summed E-state index contributed by atoms with van der Waals surface area (Å²) in [6.45, 7) is -0.0229. The fraction of sp³-hybridized carbons (Fsp3) is 0.409. The smallest absolute Gasteiger partial charge is 0.421 e. The van der Waals surface area contributed by atoms with Crippen molar-refractivity contribution in [2.75, 3.05) is 11.9 Å². The number of anilines is 1. The number of halogens is 6. The molecule has 2 aliphatic rings. The molecule has 184 valence electrons. The van der Waals surface area contributed by atoms with E-state index in [0.29, 0.717) is 12.8 Å². The number of nitrogens with one attached hydrogen (secondary N) is 3. The van der Waals surface area contributed by atoms with Crippen molar-refractivity contribution in [3.05, 3.63) is 58.9 Å². The maximum atomic E-state index is 14.0. The number of amides is 2. The second-order valence-corrected chi connectivity index (χ2v) is 8.96. The highest BCUT2D eigenvalue weighted by molar-refractivity contribution is 6.30. The van der Waals surface area contributed by atoms with E-state index in [9.17, 15) is 22.4 Å². The lowest BCUT2D eigenvalue weighted by Crippen LogP contribution is -2.59. The van der Waals surface area contributed by atoms with Gasteiger partial charge in [0.1, 0.15) is 11.6 Å². The Bertz CT molecular complexity index is 1050. The van der Waals surface area contributed by atoms with E-state index in [-0.39, 0.29) is 35.1 Å². The van der Waals surface area contributed by atoms with Gasteiger partial charge >= 0.3 is 12.2 Å². The van der Waals surface area contributed by atoms with Gasteiger partial charge in [0.25, 0.3) is 0 Å². The zero-order chi connectivity index (χ0) is 24.5. The fourth-order valence-electron chi connectivity index (χ4n) is 3.97. The average Bonchev–Trinajstić information content (AvgIpc) is 2.71. The normalized spacial score (nSPS) is 26.9. The Balaban J connectivity index is 1.52. The van der Waals surface area contributed by atoms with Crippen molar-refractivity contribution < 1.29 is 31.8 Å². The molecule has 0 aromatic heterocycles. The van der Waals surface area contributed by atoms with Crippen LogP contribution in [0.1, 0.15) is 24.8 Å². The zero-order valence-corrected chi connectivity index (χ0v) is 19.1. The van der Waals surface area contributed by atoms with Gasteiger partial charge in [-0.15, -0.1) is 11.6 Å². The number of para-hydroxylation sites is 1. The number of alkyl halides is 4. The second kappa shape index (κ2) is 9.77. The standard InChI is InChI=1S/C22H21Cl2F4N3O3/c23-12-5-6-15(14(25)11-12)29-20(32)30-16-7-8-18(24)31-19(16)34-17-4-2-1-3-13(17)21(9-10-33-21)22(26,27)28/h1-6,11,16,18-19,31H,7-10H2,(H2,29,30,32)/t16?,18?,19?,21-/m1/s1. The SMILES string of the molecule is O=C(Nc1ccc(Cl)cc1F)NC1CCC(Cl)NC1Oc1ccccc1[C@@]1(C(F)(F)F)CCO1. The summed E-state index contributed by atoms with van der Waals surface area (Å²) in [7, 11) is 0. The van der Waals surface area contributed by atoms with Crippen molar-refractivity contribution in [3.63, 3.8) is 0 Å². The van der Waals surface area contributed by atoms with Gasteiger partial charge in [0, 0.05) is 17.0 Å². The molecule has 4 atom stereocenters. The Morgan fingerprint density at radius 1 is 1.21 bits per heavy atom. The molecule has 0 spiro atoms. The van der Waals surface area contributed by atoms with E-state index >= 15 is 0 Å². The first kappa shape index (κ1) is 24.8. The molecule has 12 heteroatoms. The third kappa shape index (κ3) is 5.05. The minimum Gasteiger partial charge on any atom is -0.473 e. The van der Waals surface area contributed by atoms with E-state index in [4.69, 9.17) is 32.7 Å². The largest absolute Gasteiger partial charge is 0.473 e. The molecule has 6 nitrogen and oxygen atoms in total. The molecule has 2 heterocycles. The highest BCUT2D eigenvalue weighted by atomic mass is 35.5. The molecular formula is C22H21Cl2F4N3O3. The molecule has 2 aromatic carbocycles. The fourth-order valence-corrected chi connectivity index (χ4v) is 4.38. The summed E-state index contributed by atoms with van der Waals surface area (Å²) in [5, 5.41) is 8.17. The summed E-state index contributed by atoms with van der Waals surface area (Å²) in [4.78, 5) is 12.5. The number of carbonyl (C=O) groups is 1. The van der Waals surface area contributed by atoms with Crippen LogP contribution in [0, 0.1) is 5.82 Å². The number of carbonyl (C=O) groups excluding carboxylic acids is 1. The highest BCUT2D eigenvalue weighted by Gasteiger charge is 2.62. The van der Waals surface area contributed by atoms with E-state index in [2.05, 4.69) is 16.0 Å². The average molecular weight is 522 g/mol. The summed E-state index contributed by atoms with van der Waals surface area (Å²) in [6, 6.07) is 8.11. The van der Waals surface area contributed by atoms with Crippen molar-refractivity contribution in [3.8, 4) is 5.75 Å². The molecule has 0 saturated carbocycles. The van der Waals surface area contributed by atoms with Gasteiger partial charge in [-0.05, 0) is 37.1 Å². The summed E-state index contributed by atoms with van der Waals surface area (Å²) in [6.07, 6.45) is -5.00. The maximum absolute atomic E-state index is 14.0. The van der Waals surface area contributed by atoms with E-state index in [1.54, 1.807) is 6.07 Å². The highest BCUT2D eigenvalue weighted by Crippen LogP contribution is 2.52. The molecule has 3 N–H and O–H groups in total. The number of urea groups is 1. The van der Waals surface area contributed by atoms with Crippen LogP contribution < -0.4 is 20.7 Å². The molecule has 4 rings (SSSR count). The van der Waals surface area contributed by atoms with Gasteiger partial charge in [0.05, 0.1) is 23.8 Å². The van der Waals surface area contributed by atoms with E-state index in [0.717, 1.165) is 6.07 Å². The molecule has 3 unspecified atom stereocenters. The first-order chi connectivity index (χ1) is 16.1. The number of ether oxygens (including phenoxy) is 2. The van der Waals surface area contributed by atoms with Crippen LogP contribution in [0.3, 0.4) is 0 Å². The zero-order valence-electron chi connectivity index (χ0n) is 17.6. The molecule has 0 bridgehead atoms. The molecule has 2 amide bonds. The van der Waals surface area contributed by atoms with Crippen LogP contribution in [0.15, 0.2) is 42.5 Å². The van der Waals surface area contributed by atoms with Crippen LogP contribution in [0.2, 0.25) is 5.02 Å². The number of benzene rings is 2. The van der Waals surface area contributed by atoms with Gasteiger partial charge in [-0.1, -0.05) is 29.8 Å². The van der Waals surface area contributed by atoms with Crippen molar-refractivity contribution >= 4 is 34.9 Å². The number of rotatable bonds is 5. The maximum Gasteiger partial charge on any atom is 0.421 e. The van der Waals surface area contributed by atoms with Gasteiger partial charge in [-0.2, -0.15) is 13.2 Å². The van der Waals surface area contributed by atoms with Crippen LogP contribution >= 0.6 is 23.2 Å². The molecule has 2 fully saturated rings. The number of hydrogen-bond acceptors (Lipinski definition) is 4. The quantitative estimate of drug-likeness (QED) is 0.276. The third-order valence-corrected chi connectivity index (χ3v) is 6.35. The van der Waals surface area contributed by atoms with Gasteiger partial charge < -0.3 is 20.1 Å². The number of hydrogen-bond donors (Lipinski definition) is 3. The van der Waals surface area contributed by atoms with Gasteiger partial charge in [0.2, 0.25) is 0 Å². The van der Waals surface area contributed by atoms with E-state index in [1.165, 1.54) is 30.3 Å². The summed E-state index contributed by atoms with van der Waals surface area (Å²) >= 11 is 11.9. The van der Waals surface area contributed by atoms with Gasteiger partial charge in [0.15, 0.2) is 11.8 Å². The van der Waals surface area contributed by atoms with Crippen molar-refractivity contribution in [1.29, 1.82) is 0 Å². The lowest BCUT2D eigenvalue weighted by molar-refractivity contribution is -0.334. The second-order valence-electron chi connectivity index (χ2n) is 8.00.